The van der Waals surface area contributed by atoms with Gasteiger partial charge in [-0.25, -0.2) is 4.39 Å². The molecule has 2 aromatic carbocycles. The quantitative estimate of drug-likeness (QED) is 0.773. The van der Waals surface area contributed by atoms with Gasteiger partial charge < -0.3 is 4.74 Å². The zero-order chi connectivity index (χ0) is 15.1. The van der Waals surface area contributed by atoms with Gasteiger partial charge in [-0.2, -0.15) is 0 Å². The maximum atomic E-state index is 13.3. The van der Waals surface area contributed by atoms with Crippen molar-refractivity contribution in [1.29, 1.82) is 0 Å². The minimum absolute atomic E-state index is 0.0693. The zero-order valence-electron chi connectivity index (χ0n) is 12.4. The van der Waals surface area contributed by atoms with E-state index in [0.717, 1.165) is 16.7 Å². The van der Waals surface area contributed by atoms with Crippen molar-refractivity contribution < 1.29 is 13.9 Å². The minimum Gasteiger partial charge on any atom is -0.484 e. The second kappa shape index (κ2) is 4.99. The number of Topliss-reactive ketones (excluding diaryl/α,β-unsaturated/α-hetero) is 1. The number of ether oxygens (including phenoxy) is 1. The summed E-state index contributed by atoms with van der Waals surface area (Å²) in [6, 6.07) is 8.30. The van der Waals surface area contributed by atoms with E-state index in [2.05, 4.69) is 19.1 Å². The molecule has 1 atom stereocenters. The number of ketones is 1. The predicted molar refractivity (Wildman–Crippen MR) is 79.4 cm³/mol. The van der Waals surface area contributed by atoms with Gasteiger partial charge >= 0.3 is 0 Å². The lowest BCUT2D eigenvalue weighted by atomic mass is 9.90. The fourth-order valence-electron chi connectivity index (χ4n) is 3.16. The number of aryl methyl sites for hydroxylation is 3. The Hall–Kier alpha value is -2.16. The molecular weight excluding hydrogens is 267 g/mol. The molecule has 108 valence electrons. The van der Waals surface area contributed by atoms with Gasteiger partial charge in [-0.05, 0) is 55.7 Å². The van der Waals surface area contributed by atoms with Gasteiger partial charge in [0, 0.05) is 0 Å². The number of rotatable bonds is 1. The van der Waals surface area contributed by atoms with E-state index in [4.69, 9.17) is 4.74 Å². The highest BCUT2D eigenvalue weighted by molar-refractivity contribution is 6.00. The highest BCUT2D eigenvalue weighted by atomic mass is 19.1. The predicted octanol–water partition coefficient (Wildman–Crippen LogP) is 4.46. The lowest BCUT2D eigenvalue weighted by molar-refractivity contribution is 0.0848. The van der Waals surface area contributed by atoms with Crippen LogP contribution >= 0.6 is 0 Å². The summed E-state index contributed by atoms with van der Waals surface area (Å²) in [4.78, 5) is 12.3. The third kappa shape index (κ3) is 2.44. The smallest absolute Gasteiger partial charge is 0.170 e. The normalized spacial score (nSPS) is 17.3. The Labute approximate surface area is 123 Å². The van der Waals surface area contributed by atoms with Gasteiger partial charge in [0.05, 0.1) is 12.0 Å². The molecule has 0 saturated carbocycles. The van der Waals surface area contributed by atoms with E-state index in [1.807, 2.05) is 13.8 Å². The molecule has 3 heteroatoms. The molecule has 0 fully saturated rings. The van der Waals surface area contributed by atoms with Crippen LogP contribution in [0.2, 0.25) is 0 Å². The summed E-state index contributed by atoms with van der Waals surface area (Å²) in [6.07, 6.45) is -0.0441. The summed E-state index contributed by atoms with van der Waals surface area (Å²) in [7, 11) is 0. The number of hydrogen-bond donors (Lipinski definition) is 0. The van der Waals surface area contributed by atoms with Gasteiger partial charge in [-0.15, -0.1) is 0 Å². The van der Waals surface area contributed by atoms with E-state index in [1.165, 1.54) is 23.8 Å². The van der Waals surface area contributed by atoms with E-state index >= 15 is 0 Å². The second-order valence-electron chi connectivity index (χ2n) is 5.69. The average molecular weight is 284 g/mol. The van der Waals surface area contributed by atoms with Crippen molar-refractivity contribution in [3.63, 3.8) is 0 Å². The van der Waals surface area contributed by atoms with Crippen molar-refractivity contribution in [2.24, 2.45) is 0 Å². The van der Waals surface area contributed by atoms with E-state index < -0.39 is 5.82 Å². The van der Waals surface area contributed by atoms with Gasteiger partial charge in [-0.3, -0.25) is 4.79 Å². The van der Waals surface area contributed by atoms with Crippen LogP contribution in [0.25, 0.3) is 0 Å². The van der Waals surface area contributed by atoms with Crippen molar-refractivity contribution in [3.8, 4) is 5.75 Å². The first-order valence-electron chi connectivity index (χ1n) is 7.03. The fraction of sp³-hybridized carbons (Fsp3) is 0.278. The molecule has 1 aliphatic rings. The summed E-state index contributed by atoms with van der Waals surface area (Å²) >= 11 is 0. The molecule has 1 aliphatic heterocycles. The number of benzene rings is 2. The van der Waals surface area contributed by atoms with Gasteiger partial charge in [-0.1, -0.05) is 17.7 Å². The summed E-state index contributed by atoms with van der Waals surface area (Å²) in [5.41, 5.74) is 4.84. The van der Waals surface area contributed by atoms with Gasteiger partial charge in [0.25, 0.3) is 0 Å². The van der Waals surface area contributed by atoms with Crippen molar-refractivity contribution in [2.75, 3.05) is 0 Å². The maximum Gasteiger partial charge on any atom is 0.170 e. The number of carbonyl (C=O) groups excluding carboxylic acids is 1. The molecule has 2 aromatic rings. The fourth-order valence-corrected chi connectivity index (χ4v) is 3.16. The first-order valence-corrected chi connectivity index (χ1v) is 7.03. The Bertz CT molecular complexity index is 711. The Balaban J connectivity index is 2.04. The second-order valence-corrected chi connectivity index (χ2v) is 5.69. The van der Waals surface area contributed by atoms with Gasteiger partial charge in [0.15, 0.2) is 5.78 Å². The Morgan fingerprint density at radius 1 is 1.10 bits per heavy atom. The van der Waals surface area contributed by atoms with Gasteiger partial charge in [0.1, 0.15) is 17.7 Å². The molecule has 0 N–H and O–H groups in total. The SMILES string of the molecule is Cc1cc(C)c(C2CC(=O)c3cc(F)ccc3O2)c(C)c1. The lowest BCUT2D eigenvalue weighted by Gasteiger charge is -2.28. The van der Waals surface area contributed by atoms with E-state index in [0.29, 0.717) is 11.3 Å². The van der Waals surface area contributed by atoms with Crippen LogP contribution < -0.4 is 4.74 Å². The number of hydrogen-bond acceptors (Lipinski definition) is 2. The molecule has 0 amide bonds. The molecule has 0 aliphatic carbocycles. The Morgan fingerprint density at radius 2 is 1.76 bits per heavy atom. The van der Waals surface area contributed by atoms with E-state index in [-0.39, 0.29) is 18.3 Å². The van der Waals surface area contributed by atoms with Crippen molar-refractivity contribution >= 4 is 5.78 Å². The number of carbonyl (C=O) groups is 1. The third-order valence-electron chi connectivity index (χ3n) is 3.94. The molecule has 3 rings (SSSR count). The molecule has 0 aromatic heterocycles. The Kier molecular flexibility index (Phi) is 3.28. The third-order valence-corrected chi connectivity index (χ3v) is 3.94. The molecule has 0 spiro atoms. The van der Waals surface area contributed by atoms with Crippen molar-refractivity contribution in [2.45, 2.75) is 33.3 Å². The molecule has 2 nitrogen and oxygen atoms in total. The highest BCUT2D eigenvalue weighted by Gasteiger charge is 2.29. The average Bonchev–Trinajstić information content (AvgIpc) is 2.38. The topological polar surface area (TPSA) is 26.3 Å². The number of fused-ring (bicyclic) bond motifs is 1. The van der Waals surface area contributed by atoms with Crippen LogP contribution in [0.15, 0.2) is 30.3 Å². The number of halogens is 1. The molecule has 0 saturated heterocycles. The van der Waals surface area contributed by atoms with E-state index in [9.17, 15) is 9.18 Å². The molecular formula is C18H17FO2. The summed E-state index contributed by atoms with van der Waals surface area (Å²) in [5, 5.41) is 0. The standard InChI is InChI=1S/C18H17FO2/c1-10-6-11(2)18(12(3)7-10)17-9-15(20)14-8-13(19)4-5-16(14)21-17/h4-8,17H,9H2,1-3H3. The lowest BCUT2D eigenvalue weighted by Crippen LogP contribution is -2.22. The molecule has 1 unspecified atom stereocenters. The maximum absolute atomic E-state index is 13.3. The minimum atomic E-state index is -0.410. The van der Waals surface area contributed by atoms with Crippen molar-refractivity contribution in [1.82, 2.24) is 0 Å². The summed E-state index contributed by atoms with van der Waals surface area (Å²) in [5.74, 6) is -0.0102. The van der Waals surface area contributed by atoms with Crippen LogP contribution in [0.1, 0.15) is 45.1 Å². The van der Waals surface area contributed by atoms with Crippen molar-refractivity contribution in [3.05, 3.63) is 64.0 Å². The molecule has 0 bridgehead atoms. The summed E-state index contributed by atoms with van der Waals surface area (Å²) in [6.45, 7) is 6.11. The van der Waals surface area contributed by atoms with Crippen LogP contribution in [0, 0.1) is 26.6 Å². The van der Waals surface area contributed by atoms with Crippen LogP contribution in [0.4, 0.5) is 4.39 Å². The van der Waals surface area contributed by atoms with Crippen LogP contribution in [0.3, 0.4) is 0 Å². The van der Waals surface area contributed by atoms with Crippen LogP contribution in [-0.2, 0) is 0 Å². The highest BCUT2D eigenvalue weighted by Crippen LogP contribution is 2.37. The molecule has 0 radical (unpaired) electrons. The summed E-state index contributed by atoms with van der Waals surface area (Å²) < 4.78 is 19.2. The zero-order valence-corrected chi connectivity index (χ0v) is 12.4. The monoisotopic (exact) mass is 284 g/mol. The molecule has 21 heavy (non-hydrogen) atoms. The molecule has 1 heterocycles. The van der Waals surface area contributed by atoms with Gasteiger partial charge in [0.2, 0.25) is 0 Å². The van der Waals surface area contributed by atoms with Crippen LogP contribution in [0.5, 0.6) is 5.75 Å². The van der Waals surface area contributed by atoms with Crippen LogP contribution in [-0.4, -0.2) is 5.78 Å². The Morgan fingerprint density at radius 3 is 2.43 bits per heavy atom. The first kappa shape index (κ1) is 13.8. The van der Waals surface area contributed by atoms with E-state index in [1.54, 1.807) is 0 Å². The first-order chi connectivity index (χ1) is 9.95. The largest absolute Gasteiger partial charge is 0.484 e.